The van der Waals surface area contributed by atoms with Crippen LogP contribution in [0.25, 0.3) is 0 Å². The van der Waals surface area contributed by atoms with Crippen LogP contribution in [-0.2, 0) is 0 Å². The Hall–Kier alpha value is -1.79. The van der Waals surface area contributed by atoms with E-state index in [-0.39, 0.29) is 5.37 Å². The van der Waals surface area contributed by atoms with Crippen molar-refractivity contribution in [2.24, 2.45) is 4.99 Å². The lowest BCUT2D eigenvalue weighted by Gasteiger charge is -2.36. The van der Waals surface area contributed by atoms with E-state index in [1.54, 1.807) is 23.5 Å². The minimum absolute atomic E-state index is 0.244. The predicted molar refractivity (Wildman–Crippen MR) is 107 cm³/mol. The van der Waals surface area contributed by atoms with Gasteiger partial charge in [-0.05, 0) is 36.3 Å². The highest BCUT2D eigenvalue weighted by Crippen LogP contribution is 2.32. The van der Waals surface area contributed by atoms with Gasteiger partial charge in [0.2, 0.25) is 0 Å². The molecule has 0 aromatic carbocycles. The average molecular weight is 359 g/mol. The molecular formula is C18H22N4S2. The fourth-order valence-electron chi connectivity index (χ4n) is 2.54. The first-order valence-electron chi connectivity index (χ1n) is 7.88. The number of hydrogen-bond donors (Lipinski definition) is 1. The van der Waals surface area contributed by atoms with Gasteiger partial charge in [0.1, 0.15) is 11.2 Å². The zero-order valence-corrected chi connectivity index (χ0v) is 15.6. The summed E-state index contributed by atoms with van der Waals surface area (Å²) in [5.41, 5.74) is 5.47. The van der Waals surface area contributed by atoms with Crippen LogP contribution in [0.1, 0.15) is 13.3 Å². The highest BCUT2D eigenvalue weighted by Gasteiger charge is 2.27. The summed E-state index contributed by atoms with van der Waals surface area (Å²) in [6, 6.07) is 0. The monoisotopic (exact) mass is 358 g/mol. The van der Waals surface area contributed by atoms with E-state index >= 15 is 0 Å². The van der Waals surface area contributed by atoms with Crippen molar-refractivity contribution < 1.29 is 0 Å². The second-order valence-electron chi connectivity index (χ2n) is 5.52. The lowest BCUT2D eigenvalue weighted by Crippen LogP contribution is -2.46. The molecule has 0 aromatic rings. The molecule has 3 aliphatic heterocycles. The van der Waals surface area contributed by atoms with E-state index in [2.05, 4.69) is 66.1 Å². The number of amidine groups is 1. The van der Waals surface area contributed by atoms with Crippen LogP contribution in [0, 0.1) is 0 Å². The van der Waals surface area contributed by atoms with Gasteiger partial charge in [-0.15, -0.1) is 23.5 Å². The van der Waals surface area contributed by atoms with Crippen molar-refractivity contribution in [3.63, 3.8) is 0 Å². The Morgan fingerprint density at radius 3 is 3.00 bits per heavy atom. The summed E-state index contributed by atoms with van der Waals surface area (Å²) in [5.74, 6) is 0.858. The molecular weight excluding hydrogens is 336 g/mol. The summed E-state index contributed by atoms with van der Waals surface area (Å²) in [4.78, 5) is 8.19. The smallest absolute Gasteiger partial charge is 0.140 e. The van der Waals surface area contributed by atoms with Gasteiger partial charge in [-0.25, -0.2) is 0 Å². The SMILES string of the molecule is C=C1C=CC(=NCC2=CCC=CS2)NN1/C(=C\C)C1SC=CN1C. The van der Waals surface area contributed by atoms with Crippen LogP contribution in [0.2, 0.25) is 0 Å². The molecule has 1 atom stereocenters. The van der Waals surface area contributed by atoms with Gasteiger partial charge >= 0.3 is 0 Å². The molecule has 126 valence electrons. The summed E-state index contributed by atoms with van der Waals surface area (Å²) in [6.07, 6.45) is 13.6. The van der Waals surface area contributed by atoms with Gasteiger partial charge in [0.05, 0.1) is 17.9 Å². The van der Waals surface area contributed by atoms with Crippen LogP contribution in [0.5, 0.6) is 0 Å². The summed E-state index contributed by atoms with van der Waals surface area (Å²) in [5, 5.41) is 6.52. The van der Waals surface area contributed by atoms with Gasteiger partial charge in [-0.3, -0.25) is 15.4 Å². The Morgan fingerprint density at radius 1 is 1.46 bits per heavy atom. The van der Waals surface area contributed by atoms with E-state index in [0.29, 0.717) is 6.54 Å². The Bertz CT molecular complexity index is 685. The zero-order valence-electron chi connectivity index (χ0n) is 14.0. The van der Waals surface area contributed by atoms with Crippen molar-refractivity contribution in [3.05, 3.63) is 70.3 Å². The van der Waals surface area contributed by atoms with E-state index in [4.69, 9.17) is 4.99 Å². The van der Waals surface area contributed by atoms with Gasteiger partial charge in [0.15, 0.2) is 0 Å². The zero-order chi connectivity index (χ0) is 16.9. The molecule has 0 saturated carbocycles. The molecule has 0 saturated heterocycles. The number of allylic oxidation sites excluding steroid dienone is 4. The number of likely N-dealkylation sites (N-methyl/N-ethyl adjacent to an activating group) is 1. The van der Waals surface area contributed by atoms with E-state index in [1.165, 1.54) is 4.91 Å². The molecule has 1 N–H and O–H groups in total. The Labute approximate surface area is 152 Å². The van der Waals surface area contributed by atoms with Crippen LogP contribution in [0.4, 0.5) is 0 Å². The number of aliphatic imine (C=N–C) groups is 1. The van der Waals surface area contributed by atoms with Crippen molar-refractivity contribution in [2.45, 2.75) is 18.7 Å². The largest absolute Gasteiger partial charge is 0.363 e. The van der Waals surface area contributed by atoms with Gasteiger partial charge < -0.3 is 4.90 Å². The van der Waals surface area contributed by atoms with Crippen LogP contribution in [-0.4, -0.2) is 34.7 Å². The molecule has 3 rings (SSSR count). The molecule has 3 heterocycles. The quantitative estimate of drug-likeness (QED) is 0.814. The van der Waals surface area contributed by atoms with Gasteiger partial charge in [0, 0.05) is 18.2 Å². The number of thioether (sulfide) groups is 2. The summed E-state index contributed by atoms with van der Waals surface area (Å²) in [6.45, 7) is 6.91. The molecule has 24 heavy (non-hydrogen) atoms. The fraction of sp³-hybridized carbons (Fsp3) is 0.278. The second kappa shape index (κ2) is 7.85. The number of nitrogens with one attached hydrogen (secondary N) is 1. The highest BCUT2D eigenvalue weighted by molar-refractivity contribution is 8.05. The lowest BCUT2D eigenvalue weighted by atomic mass is 10.2. The van der Waals surface area contributed by atoms with Gasteiger partial charge in [0.25, 0.3) is 0 Å². The normalized spacial score (nSPS) is 25.5. The number of rotatable bonds is 4. The molecule has 0 radical (unpaired) electrons. The molecule has 0 spiro atoms. The second-order valence-corrected chi connectivity index (χ2v) is 7.54. The number of hydrogen-bond acceptors (Lipinski definition) is 5. The third-order valence-corrected chi connectivity index (χ3v) is 5.87. The van der Waals surface area contributed by atoms with E-state index in [9.17, 15) is 0 Å². The minimum atomic E-state index is 0.244. The Balaban J connectivity index is 1.71. The maximum atomic E-state index is 4.70. The molecule has 0 aromatic heterocycles. The lowest BCUT2D eigenvalue weighted by molar-refractivity contribution is 0.330. The summed E-state index contributed by atoms with van der Waals surface area (Å²) in [7, 11) is 2.09. The predicted octanol–water partition coefficient (Wildman–Crippen LogP) is 4.19. The maximum Gasteiger partial charge on any atom is 0.140 e. The van der Waals surface area contributed by atoms with Gasteiger partial charge in [-0.2, -0.15) is 0 Å². The molecule has 3 aliphatic rings. The third-order valence-electron chi connectivity index (χ3n) is 3.83. The molecule has 1 unspecified atom stereocenters. The van der Waals surface area contributed by atoms with Crippen molar-refractivity contribution in [1.29, 1.82) is 0 Å². The van der Waals surface area contributed by atoms with Crippen molar-refractivity contribution >= 4 is 29.4 Å². The Kier molecular flexibility index (Phi) is 5.58. The first kappa shape index (κ1) is 17.0. The van der Waals surface area contributed by atoms with Crippen LogP contribution in [0.15, 0.2) is 75.3 Å². The molecule has 4 nitrogen and oxygen atoms in total. The first-order valence-corrected chi connectivity index (χ1v) is 9.70. The van der Waals surface area contributed by atoms with E-state index in [0.717, 1.165) is 23.7 Å². The molecule has 0 aliphatic carbocycles. The topological polar surface area (TPSA) is 30.9 Å². The molecule has 0 fully saturated rings. The first-order chi connectivity index (χ1) is 11.7. The molecule has 0 amide bonds. The van der Waals surface area contributed by atoms with Gasteiger partial charge in [-0.1, -0.05) is 24.8 Å². The van der Waals surface area contributed by atoms with Crippen molar-refractivity contribution in [3.8, 4) is 0 Å². The standard InChI is InChI=1S/C18H22N4S2/c1-4-16(18-21(3)10-12-24-18)22-14(2)8-9-17(20-22)19-13-15-7-5-6-11-23-15/h4,6-12,18H,2,5,13H2,1,3H3,(H,19,20)/b16-4-. The highest BCUT2D eigenvalue weighted by atomic mass is 32.2. The maximum absolute atomic E-state index is 4.70. The van der Waals surface area contributed by atoms with E-state index in [1.807, 2.05) is 17.2 Å². The summed E-state index contributed by atoms with van der Waals surface area (Å²) >= 11 is 3.53. The average Bonchev–Trinajstić information content (AvgIpc) is 3.03. The van der Waals surface area contributed by atoms with Crippen molar-refractivity contribution in [1.82, 2.24) is 15.3 Å². The van der Waals surface area contributed by atoms with E-state index < -0.39 is 0 Å². The van der Waals surface area contributed by atoms with Crippen molar-refractivity contribution in [2.75, 3.05) is 13.6 Å². The Morgan fingerprint density at radius 2 is 2.33 bits per heavy atom. The summed E-state index contributed by atoms with van der Waals surface area (Å²) < 4.78 is 0. The number of hydrazine groups is 1. The van der Waals surface area contributed by atoms with Crippen LogP contribution >= 0.6 is 23.5 Å². The number of nitrogens with zero attached hydrogens (tertiary/aromatic N) is 3. The third kappa shape index (κ3) is 3.82. The molecule has 0 bridgehead atoms. The fourth-order valence-corrected chi connectivity index (χ4v) is 4.30. The minimum Gasteiger partial charge on any atom is -0.363 e. The molecule has 6 heteroatoms. The van der Waals surface area contributed by atoms with Crippen LogP contribution < -0.4 is 5.43 Å². The van der Waals surface area contributed by atoms with Crippen LogP contribution in [0.3, 0.4) is 0 Å².